The van der Waals surface area contributed by atoms with Gasteiger partial charge in [-0.1, -0.05) is 13.8 Å². The highest BCUT2D eigenvalue weighted by atomic mass is 16.6. The van der Waals surface area contributed by atoms with Crippen LogP contribution < -0.4 is 0 Å². The van der Waals surface area contributed by atoms with Crippen LogP contribution in [0.1, 0.15) is 20.3 Å². The predicted octanol–water partition coefficient (Wildman–Crippen LogP) is 0.858. The highest BCUT2D eigenvalue weighted by Crippen LogP contribution is 2.11. The molecule has 2 amide bonds. The molecule has 1 aliphatic rings. The molecule has 1 aliphatic heterocycles. The van der Waals surface area contributed by atoms with Crippen molar-refractivity contribution in [2.45, 2.75) is 20.3 Å². The summed E-state index contributed by atoms with van der Waals surface area (Å²) < 4.78 is 5.00. The number of amides is 2. The molecule has 80 valence electrons. The van der Waals surface area contributed by atoms with Gasteiger partial charge in [0.15, 0.2) is 0 Å². The van der Waals surface area contributed by atoms with Gasteiger partial charge in [0.05, 0.1) is 13.2 Å². The third-order valence-corrected chi connectivity index (χ3v) is 2.01. The topological polar surface area (TPSA) is 49.9 Å². The summed E-state index contributed by atoms with van der Waals surface area (Å²) in [6.07, 6.45) is -0.0557. The van der Waals surface area contributed by atoms with Gasteiger partial charge in [0.1, 0.15) is 0 Å². The Morgan fingerprint density at radius 1 is 1.57 bits per heavy atom. The van der Waals surface area contributed by atoms with Crippen LogP contribution in [-0.2, 0) is 9.53 Å². The van der Waals surface area contributed by atoms with Gasteiger partial charge in [-0.15, -0.1) is 0 Å². The predicted molar refractivity (Wildman–Crippen MR) is 50.3 cm³/mol. The standard InChI is InChI=1S/C9H16N2O3/c1-7(2)6-14-9(13)11-5-4-8(12)10(11)3/h7H,4-6H2,1-3H3. The zero-order valence-electron chi connectivity index (χ0n) is 8.82. The fourth-order valence-electron chi connectivity index (χ4n) is 1.17. The van der Waals surface area contributed by atoms with Crippen LogP contribution in [0.25, 0.3) is 0 Å². The molecule has 0 saturated carbocycles. The number of carbonyl (C=O) groups excluding carboxylic acids is 2. The van der Waals surface area contributed by atoms with E-state index in [0.717, 1.165) is 0 Å². The third kappa shape index (κ3) is 2.37. The third-order valence-electron chi connectivity index (χ3n) is 2.01. The number of hydrogen-bond donors (Lipinski definition) is 0. The molecular formula is C9H16N2O3. The summed E-state index contributed by atoms with van der Waals surface area (Å²) in [4.78, 5) is 22.5. The monoisotopic (exact) mass is 200 g/mol. The molecule has 1 saturated heterocycles. The lowest BCUT2D eigenvalue weighted by Gasteiger charge is -2.23. The van der Waals surface area contributed by atoms with Crippen LogP contribution >= 0.6 is 0 Å². The van der Waals surface area contributed by atoms with Crippen molar-refractivity contribution >= 4 is 12.0 Å². The molecule has 0 aromatic rings. The van der Waals surface area contributed by atoms with Crippen molar-refractivity contribution in [1.29, 1.82) is 0 Å². The SMILES string of the molecule is CC(C)COC(=O)N1CCC(=O)N1C. The van der Waals surface area contributed by atoms with Crippen molar-refractivity contribution in [2.75, 3.05) is 20.2 Å². The summed E-state index contributed by atoms with van der Waals surface area (Å²) in [6, 6.07) is 0. The normalized spacial score (nSPS) is 16.7. The van der Waals surface area contributed by atoms with Gasteiger partial charge < -0.3 is 4.74 Å². The number of nitrogens with zero attached hydrogens (tertiary/aromatic N) is 2. The molecule has 0 atom stereocenters. The molecule has 5 heteroatoms. The lowest BCUT2D eigenvalue weighted by molar-refractivity contribution is -0.134. The Balaban J connectivity index is 2.41. The Bertz CT molecular complexity index is 240. The van der Waals surface area contributed by atoms with E-state index in [2.05, 4.69) is 0 Å². The first-order valence-corrected chi connectivity index (χ1v) is 4.73. The first-order chi connectivity index (χ1) is 6.52. The lowest BCUT2D eigenvalue weighted by atomic mass is 10.2. The van der Waals surface area contributed by atoms with Crippen molar-refractivity contribution in [3.05, 3.63) is 0 Å². The maximum absolute atomic E-state index is 11.4. The Morgan fingerprint density at radius 3 is 2.64 bits per heavy atom. The van der Waals surface area contributed by atoms with E-state index in [1.165, 1.54) is 10.0 Å². The molecule has 0 aromatic heterocycles. The number of carbonyl (C=O) groups is 2. The molecule has 0 radical (unpaired) electrons. The Labute approximate surface area is 83.6 Å². The van der Waals surface area contributed by atoms with E-state index in [1.807, 2.05) is 13.8 Å². The van der Waals surface area contributed by atoms with Gasteiger partial charge in [-0.25, -0.2) is 9.80 Å². The Kier molecular flexibility index (Phi) is 3.33. The van der Waals surface area contributed by atoms with Crippen molar-refractivity contribution in [1.82, 2.24) is 10.0 Å². The number of ether oxygens (including phenoxy) is 1. The van der Waals surface area contributed by atoms with E-state index in [-0.39, 0.29) is 5.91 Å². The molecule has 1 heterocycles. The zero-order chi connectivity index (χ0) is 10.7. The molecule has 0 N–H and O–H groups in total. The van der Waals surface area contributed by atoms with Crippen LogP contribution in [0.2, 0.25) is 0 Å². The van der Waals surface area contributed by atoms with E-state index in [9.17, 15) is 9.59 Å². The fraction of sp³-hybridized carbons (Fsp3) is 0.778. The minimum absolute atomic E-state index is 0.0495. The van der Waals surface area contributed by atoms with Crippen LogP contribution in [0.3, 0.4) is 0 Å². The molecular weight excluding hydrogens is 184 g/mol. The van der Waals surface area contributed by atoms with Crippen LogP contribution in [0.5, 0.6) is 0 Å². The van der Waals surface area contributed by atoms with Gasteiger partial charge in [-0.3, -0.25) is 9.80 Å². The van der Waals surface area contributed by atoms with Gasteiger partial charge in [-0.2, -0.15) is 0 Å². The van der Waals surface area contributed by atoms with E-state index < -0.39 is 6.09 Å². The second-order valence-corrected chi connectivity index (χ2v) is 3.76. The highest BCUT2D eigenvalue weighted by Gasteiger charge is 2.30. The second-order valence-electron chi connectivity index (χ2n) is 3.76. The summed E-state index contributed by atoms with van der Waals surface area (Å²) in [5.41, 5.74) is 0. The van der Waals surface area contributed by atoms with Crippen LogP contribution in [0, 0.1) is 5.92 Å². The van der Waals surface area contributed by atoms with Gasteiger partial charge in [-0.05, 0) is 5.92 Å². The number of hydrazine groups is 1. The largest absolute Gasteiger partial charge is 0.448 e. The average Bonchev–Trinajstić information content (AvgIpc) is 2.44. The summed E-state index contributed by atoms with van der Waals surface area (Å²) in [6.45, 7) is 4.74. The lowest BCUT2D eigenvalue weighted by Crippen LogP contribution is -2.40. The van der Waals surface area contributed by atoms with Crippen LogP contribution in [0.4, 0.5) is 4.79 Å². The Morgan fingerprint density at radius 2 is 2.21 bits per heavy atom. The first kappa shape index (κ1) is 10.8. The van der Waals surface area contributed by atoms with E-state index >= 15 is 0 Å². The molecule has 1 fully saturated rings. The fourth-order valence-corrected chi connectivity index (χ4v) is 1.17. The molecule has 0 bridgehead atoms. The maximum atomic E-state index is 11.4. The van der Waals surface area contributed by atoms with Crippen LogP contribution in [0.15, 0.2) is 0 Å². The van der Waals surface area contributed by atoms with Gasteiger partial charge in [0, 0.05) is 13.5 Å². The van der Waals surface area contributed by atoms with E-state index in [0.29, 0.717) is 25.5 Å². The minimum atomic E-state index is -0.438. The summed E-state index contributed by atoms with van der Waals surface area (Å²) in [5, 5.41) is 2.63. The molecule has 0 aromatic carbocycles. The summed E-state index contributed by atoms with van der Waals surface area (Å²) >= 11 is 0. The zero-order valence-corrected chi connectivity index (χ0v) is 8.82. The maximum Gasteiger partial charge on any atom is 0.428 e. The molecule has 0 spiro atoms. The van der Waals surface area contributed by atoms with Crippen LogP contribution in [-0.4, -0.2) is 42.2 Å². The van der Waals surface area contributed by atoms with Gasteiger partial charge >= 0.3 is 6.09 Å². The molecule has 0 aliphatic carbocycles. The van der Waals surface area contributed by atoms with Crippen molar-refractivity contribution in [3.63, 3.8) is 0 Å². The quantitative estimate of drug-likeness (QED) is 0.664. The van der Waals surface area contributed by atoms with Gasteiger partial charge in [0.2, 0.25) is 5.91 Å². The van der Waals surface area contributed by atoms with Crippen molar-refractivity contribution in [2.24, 2.45) is 5.92 Å². The smallest absolute Gasteiger partial charge is 0.428 e. The number of hydrogen-bond acceptors (Lipinski definition) is 3. The molecule has 0 unspecified atom stereocenters. The minimum Gasteiger partial charge on any atom is -0.448 e. The average molecular weight is 200 g/mol. The Hall–Kier alpha value is -1.26. The summed E-state index contributed by atoms with van der Waals surface area (Å²) in [7, 11) is 1.58. The van der Waals surface area contributed by atoms with Gasteiger partial charge in [0.25, 0.3) is 0 Å². The van der Waals surface area contributed by atoms with E-state index in [4.69, 9.17) is 4.74 Å². The van der Waals surface area contributed by atoms with E-state index in [1.54, 1.807) is 7.05 Å². The van der Waals surface area contributed by atoms with Crippen molar-refractivity contribution < 1.29 is 14.3 Å². The second kappa shape index (κ2) is 4.30. The molecule has 14 heavy (non-hydrogen) atoms. The molecule has 1 rings (SSSR count). The summed E-state index contributed by atoms with van der Waals surface area (Å²) in [5.74, 6) is 0.258. The van der Waals surface area contributed by atoms with Crippen molar-refractivity contribution in [3.8, 4) is 0 Å². The first-order valence-electron chi connectivity index (χ1n) is 4.73. The highest BCUT2D eigenvalue weighted by molar-refractivity contribution is 5.82. The number of rotatable bonds is 2. The molecule has 5 nitrogen and oxygen atoms in total.